The fourth-order valence-corrected chi connectivity index (χ4v) is 3.11. The summed E-state index contributed by atoms with van der Waals surface area (Å²) in [7, 11) is -3.90. The van der Waals surface area contributed by atoms with Crippen LogP contribution >= 0.6 is 11.6 Å². The summed E-state index contributed by atoms with van der Waals surface area (Å²) >= 11 is 5.73. The summed E-state index contributed by atoms with van der Waals surface area (Å²) in [6, 6.07) is 4.53. The molecule has 1 rings (SSSR count). The average molecular weight is 306 g/mol. The van der Waals surface area contributed by atoms with Crippen LogP contribution in [0.25, 0.3) is 0 Å². The number of carbonyl (C=O) groups is 1. The average Bonchev–Trinajstić information content (AvgIpc) is 2.35. The molecule has 19 heavy (non-hydrogen) atoms. The number of carboxylic acids is 1. The van der Waals surface area contributed by atoms with Crippen LogP contribution in [0.4, 0.5) is 0 Å². The molecule has 2 atom stereocenters. The summed E-state index contributed by atoms with van der Waals surface area (Å²) in [5.41, 5.74) is 0. The molecule has 0 aliphatic carbocycles. The largest absolute Gasteiger partial charge is 0.480 e. The number of carboxylic acid groups (broad SMARTS) is 1. The summed E-state index contributed by atoms with van der Waals surface area (Å²) in [5, 5.41) is 9.36. The Hall–Kier alpha value is -1.11. The first-order valence-corrected chi connectivity index (χ1v) is 7.64. The fraction of sp³-hybridized carbons (Fsp3) is 0.417. The highest BCUT2D eigenvalue weighted by atomic mass is 35.5. The quantitative estimate of drug-likeness (QED) is 0.843. The molecule has 1 aromatic carbocycles. The predicted molar refractivity (Wildman–Crippen MR) is 72.7 cm³/mol. The summed E-state index contributed by atoms with van der Waals surface area (Å²) in [6.45, 7) is 3.48. The van der Waals surface area contributed by atoms with Crippen LogP contribution in [0, 0.1) is 5.92 Å². The molecule has 0 saturated carbocycles. The molecular weight excluding hydrogens is 290 g/mol. The molecule has 0 unspecified atom stereocenters. The van der Waals surface area contributed by atoms with Gasteiger partial charge in [-0.25, -0.2) is 8.42 Å². The van der Waals surface area contributed by atoms with Crippen LogP contribution in [0.2, 0.25) is 5.02 Å². The number of hydrogen-bond donors (Lipinski definition) is 2. The molecule has 0 aliphatic heterocycles. The number of hydrogen-bond acceptors (Lipinski definition) is 3. The van der Waals surface area contributed by atoms with E-state index in [-0.39, 0.29) is 15.8 Å². The van der Waals surface area contributed by atoms with Crippen molar-refractivity contribution in [1.29, 1.82) is 0 Å². The Morgan fingerprint density at radius 1 is 1.47 bits per heavy atom. The molecular formula is C12H16ClNO4S. The summed E-state index contributed by atoms with van der Waals surface area (Å²) in [5.74, 6) is -1.51. The molecule has 106 valence electrons. The molecule has 2 N–H and O–H groups in total. The molecule has 0 heterocycles. The van der Waals surface area contributed by atoms with E-state index in [9.17, 15) is 13.2 Å². The fourth-order valence-electron chi connectivity index (χ4n) is 1.52. The zero-order chi connectivity index (χ0) is 14.6. The standard InChI is InChI=1S/C12H16ClNO4S/c1-3-8(2)11(12(15)16)14-19(17,18)10-6-4-5-9(13)7-10/h4-8,11,14H,3H2,1-2H3,(H,15,16)/t8-,11-/m0/s1. The van der Waals surface area contributed by atoms with Crippen LogP contribution in [0.1, 0.15) is 20.3 Å². The van der Waals surface area contributed by atoms with Crippen molar-refractivity contribution in [2.75, 3.05) is 0 Å². The smallest absolute Gasteiger partial charge is 0.322 e. The molecule has 0 radical (unpaired) electrons. The topological polar surface area (TPSA) is 83.5 Å². The SMILES string of the molecule is CC[C@H](C)[C@H](NS(=O)(=O)c1cccc(Cl)c1)C(=O)O. The number of aliphatic carboxylic acids is 1. The van der Waals surface area contributed by atoms with Crippen LogP contribution in [0.15, 0.2) is 29.2 Å². The minimum atomic E-state index is -3.90. The van der Waals surface area contributed by atoms with E-state index in [2.05, 4.69) is 4.72 Å². The van der Waals surface area contributed by atoms with E-state index in [1.807, 2.05) is 0 Å². The maximum atomic E-state index is 12.1. The van der Waals surface area contributed by atoms with Crippen LogP contribution < -0.4 is 4.72 Å². The lowest BCUT2D eigenvalue weighted by Crippen LogP contribution is -2.44. The normalized spacial score (nSPS) is 14.9. The van der Waals surface area contributed by atoms with Gasteiger partial charge >= 0.3 is 5.97 Å². The number of halogens is 1. The van der Waals surface area contributed by atoms with Gasteiger partial charge in [-0.3, -0.25) is 4.79 Å². The lowest BCUT2D eigenvalue weighted by molar-refractivity contribution is -0.140. The Morgan fingerprint density at radius 3 is 2.58 bits per heavy atom. The Balaban J connectivity index is 3.04. The van der Waals surface area contributed by atoms with Crippen molar-refractivity contribution in [3.63, 3.8) is 0 Å². The summed E-state index contributed by atoms with van der Waals surface area (Å²) < 4.78 is 26.4. The summed E-state index contributed by atoms with van der Waals surface area (Å²) in [4.78, 5) is 11.1. The van der Waals surface area contributed by atoms with E-state index in [1.54, 1.807) is 19.9 Å². The highest BCUT2D eigenvalue weighted by molar-refractivity contribution is 7.89. The van der Waals surface area contributed by atoms with Crippen molar-refractivity contribution in [2.45, 2.75) is 31.2 Å². The van der Waals surface area contributed by atoms with Crippen molar-refractivity contribution in [1.82, 2.24) is 4.72 Å². The first kappa shape index (κ1) is 15.9. The molecule has 0 bridgehead atoms. The number of sulfonamides is 1. The lowest BCUT2D eigenvalue weighted by atomic mass is 10.0. The molecule has 0 aromatic heterocycles. The maximum Gasteiger partial charge on any atom is 0.322 e. The molecule has 0 saturated heterocycles. The lowest BCUT2D eigenvalue weighted by Gasteiger charge is -2.20. The molecule has 0 amide bonds. The zero-order valence-corrected chi connectivity index (χ0v) is 12.2. The van der Waals surface area contributed by atoms with Gasteiger partial charge in [0.15, 0.2) is 0 Å². The van der Waals surface area contributed by atoms with E-state index in [1.165, 1.54) is 18.2 Å². The molecule has 0 aliphatic rings. The molecule has 5 nitrogen and oxygen atoms in total. The van der Waals surface area contributed by atoms with Gasteiger partial charge < -0.3 is 5.11 Å². The van der Waals surface area contributed by atoms with E-state index in [0.717, 1.165) is 0 Å². The number of nitrogens with one attached hydrogen (secondary N) is 1. The second kappa shape index (κ2) is 6.36. The monoisotopic (exact) mass is 305 g/mol. The van der Waals surface area contributed by atoms with Crippen LogP contribution in [0.5, 0.6) is 0 Å². The molecule has 1 aromatic rings. The minimum absolute atomic E-state index is 0.0467. The van der Waals surface area contributed by atoms with Crippen LogP contribution in [-0.2, 0) is 14.8 Å². The van der Waals surface area contributed by atoms with E-state index >= 15 is 0 Å². The maximum absolute atomic E-state index is 12.1. The third-order valence-corrected chi connectivity index (χ3v) is 4.54. The van der Waals surface area contributed by atoms with Gasteiger partial charge in [-0.05, 0) is 24.1 Å². The highest BCUT2D eigenvalue weighted by Crippen LogP contribution is 2.17. The third-order valence-electron chi connectivity index (χ3n) is 2.87. The van der Waals surface area contributed by atoms with Crippen molar-refractivity contribution in [3.8, 4) is 0 Å². The van der Waals surface area contributed by atoms with E-state index in [4.69, 9.17) is 16.7 Å². The zero-order valence-electron chi connectivity index (χ0n) is 10.6. The number of benzene rings is 1. The van der Waals surface area contributed by atoms with Gasteiger partial charge in [0.2, 0.25) is 10.0 Å². The predicted octanol–water partition coefficient (Wildman–Crippen LogP) is 2.12. The highest BCUT2D eigenvalue weighted by Gasteiger charge is 2.29. The van der Waals surface area contributed by atoms with Crippen molar-refractivity contribution >= 4 is 27.6 Å². The Labute approximate surface area is 117 Å². The van der Waals surface area contributed by atoms with Crippen molar-refractivity contribution in [3.05, 3.63) is 29.3 Å². The van der Waals surface area contributed by atoms with Gasteiger partial charge in [0.05, 0.1) is 4.90 Å². The van der Waals surface area contributed by atoms with Crippen LogP contribution in [0.3, 0.4) is 0 Å². The number of rotatable bonds is 6. The van der Waals surface area contributed by atoms with Gasteiger partial charge in [0.25, 0.3) is 0 Å². The van der Waals surface area contributed by atoms with Crippen LogP contribution in [-0.4, -0.2) is 25.5 Å². The van der Waals surface area contributed by atoms with E-state index in [0.29, 0.717) is 6.42 Å². The van der Waals surface area contributed by atoms with E-state index < -0.39 is 22.0 Å². The molecule has 0 fully saturated rings. The van der Waals surface area contributed by atoms with Gasteiger partial charge in [0.1, 0.15) is 6.04 Å². The minimum Gasteiger partial charge on any atom is -0.480 e. The Morgan fingerprint density at radius 2 is 2.11 bits per heavy atom. The van der Waals surface area contributed by atoms with Gasteiger partial charge in [-0.15, -0.1) is 0 Å². The van der Waals surface area contributed by atoms with Gasteiger partial charge in [-0.2, -0.15) is 4.72 Å². The first-order valence-electron chi connectivity index (χ1n) is 5.78. The van der Waals surface area contributed by atoms with Crippen molar-refractivity contribution in [2.24, 2.45) is 5.92 Å². The van der Waals surface area contributed by atoms with Gasteiger partial charge in [0, 0.05) is 5.02 Å². The Bertz CT molecular complexity index is 559. The van der Waals surface area contributed by atoms with Gasteiger partial charge in [-0.1, -0.05) is 37.9 Å². The first-order chi connectivity index (χ1) is 8.77. The van der Waals surface area contributed by atoms with Crippen molar-refractivity contribution < 1.29 is 18.3 Å². The summed E-state index contributed by atoms with van der Waals surface area (Å²) in [6.07, 6.45) is 0.551. The second-order valence-corrected chi connectivity index (χ2v) is 6.43. The Kier molecular flexibility index (Phi) is 5.34. The third kappa shape index (κ3) is 4.19. The second-order valence-electron chi connectivity index (χ2n) is 4.28. The molecule has 0 spiro atoms. The molecule has 7 heteroatoms.